The van der Waals surface area contributed by atoms with E-state index < -0.39 is 12.2 Å². The minimum absolute atomic E-state index is 0.170. The normalized spacial score (nSPS) is 19.7. The van der Waals surface area contributed by atoms with Crippen LogP contribution >= 0.6 is 0 Å². The van der Waals surface area contributed by atoms with Crippen LogP contribution in [0.3, 0.4) is 0 Å². The van der Waals surface area contributed by atoms with E-state index in [0.717, 1.165) is 30.7 Å². The van der Waals surface area contributed by atoms with Crippen molar-refractivity contribution >= 4 is 12.0 Å². The van der Waals surface area contributed by atoms with Gasteiger partial charge < -0.3 is 15.0 Å². The fourth-order valence-corrected chi connectivity index (χ4v) is 4.67. The molecule has 0 aromatic heterocycles. The van der Waals surface area contributed by atoms with Gasteiger partial charge in [-0.3, -0.25) is 9.69 Å². The van der Waals surface area contributed by atoms with Crippen LogP contribution in [0.2, 0.25) is 0 Å². The lowest BCUT2D eigenvalue weighted by atomic mass is 10.00. The first-order chi connectivity index (χ1) is 19.3. The van der Waals surface area contributed by atoms with Crippen molar-refractivity contribution in [3.05, 3.63) is 95.4 Å². The average molecular weight is 552 g/mol. The molecule has 1 saturated heterocycles. The zero-order valence-corrected chi connectivity index (χ0v) is 24.8. The van der Waals surface area contributed by atoms with Crippen LogP contribution in [0.4, 0.5) is 9.18 Å². The maximum Gasteiger partial charge on any atom is 0.410 e. The van der Waals surface area contributed by atoms with Gasteiger partial charge in [0.1, 0.15) is 11.9 Å². The number of hydrogen-bond donors (Lipinski definition) is 1. The molecule has 1 aromatic carbocycles. The SMILES string of the molecule is C=C/C(=C\C=C(/CC)C1=C(F)CCC(N2CC(CNC(C)=O)OC2=O)C=C1)CCN(C)Cc1ccccc1.CC. The molecule has 1 aliphatic carbocycles. The van der Waals surface area contributed by atoms with Crippen molar-refractivity contribution < 1.29 is 18.7 Å². The number of allylic oxidation sites excluding steroid dienone is 7. The summed E-state index contributed by atoms with van der Waals surface area (Å²) in [7, 11) is 2.10. The molecule has 1 N–H and O–H groups in total. The monoisotopic (exact) mass is 551 g/mol. The van der Waals surface area contributed by atoms with E-state index in [1.54, 1.807) is 11.0 Å². The van der Waals surface area contributed by atoms with Crippen LogP contribution in [-0.4, -0.2) is 60.6 Å². The van der Waals surface area contributed by atoms with Crippen LogP contribution in [0.15, 0.2) is 89.8 Å². The number of halogens is 1. The van der Waals surface area contributed by atoms with Crippen molar-refractivity contribution in [2.75, 3.05) is 26.7 Å². The van der Waals surface area contributed by atoms with Gasteiger partial charge >= 0.3 is 6.09 Å². The summed E-state index contributed by atoms with van der Waals surface area (Å²) in [5.41, 5.74) is 3.86. The first kappa shape index (κ1) is 32.8. The molecule has 0 saturated carbocycles. The van der Waals surface area contributed by atoms with E-state index in [-0.39, 0.29) is 30.7 Å². The van der Waals surface area contributed by atoms with Crippen LogP contribution in [-0.2, 0) is 16.1 Å². The van der Waals surface area contributed by atoms with Gasteiger partial charge in [0.05, 0.1) is 19.1 Å². The third kappa shape index (κ3) is 10.3. The van der Waals surface area contributed by atoms with Crippen LogP contribution < -0.4 is 5.32 Å². The largest absolute Gasteiger partial charge is 0.442 e. The smallest absolute Gasteiger partial charge is 0.410 e. The van der Waals surface area contributed by atoms with Crippen molar-refractivity contribution in [3.8, 4) is 0 Å². The number of rotatable bonds is 12. The molecule has 7 heteroatoms. The van der Waals surface area contributed by atoms with Gasteiger partial charge in [0.2, 0.25) is 5.91 Å². The van der Waals surface area contributed by atoms with Crippen LogP contribution in [0, 0.1) is 0 Å². The third-order valence-corrected chi connectivity index (χ3v) is 6.88. The van der Waals surface area contributed by atoms with E-state index >= 15 is 4.39 Å². The standard InChI is InChI=1S/C31H40FN3O3.C2H6/c1-5-24(18-19-34(4)21-25-10-8-7-9-11-25)12-13-26(6-2)29-16-14-27(15-17-30(29)32)35-22-28(38-31(35)37)20-33-23(3)36;1-2/h5,7-14,16,27-28H,1,6,15,17-22H2,2-4H3,(H,33,36);1-2H3/b24-12+,26-13+;. The zero-order valence-electron chi connectivity index (χ0n) is 24.8. The number of cyclic esters (lactones) is 1. The van der Waals surface area contributed by atoms with Crippen LogP contribution in [0.25, 0.3) is 0 Å². The van der Waals surface area contributed by atoms with E-state index in [1.165, 1.54) is 12.5 Å². The molecule has 0 spiro atoms. The molecule has 2 unspecified atom stereocenters. The minimum atomic E-state index is -0.430. The Morgan fingerprint density at radius 3 is 2.62 bits per heavy atom. The van der Waals surface area contributed by atoms with E-state index in [4.69, 9.17) is 4.74 Å². The highest BCUT2D eigenvalue weighted by Gasteiger charge is 2.35. The molecule has 2 atom stereocenters. The number of nitrogens with one attached hydrogen (secondary N) is 1. The molecular formula is C33H46FN3O3. The van der Waals surface area contributed by atoms with Gasteiger partial charge in [0.25, 0.3) is 0 Å². The molecule has 6 nitrogen and oxygen atoms in total. The summed E-state index contributed by atoms with van der Waals surface area (Å²) in [6.45, 7) is 13.8. The molecular weight excluding hydrogens is 505 g/mol. The van der Waals surface area contributed by atoms with Gasteiger partial charge in [-0.25, -0.2) is 9.18 Å². The van der Waals surface area contributed by atoms with Gasteiger partial charge in [-0.05, 0) is 43.0 Å². The highest BCUT2D eigenvalue weighted by Crippen LogP contribution is 2.30. The minimum Gasteiger partial charge on any atom is -0.442 e. The fourth-order valence-electron chi connectivity index (χ4n) is 4.67. The molecule has 0 bridgehead atoms. The summed E-state index contributed by atoms with van der Waals surface area (Å²) < 4.78 is 20.6. The zero-order chi connectivity index (χ0) is 29.5. The molecule has 2 amide bonds. The number of hydrogen-bond acceptors (Lipinski definition) is 4. The number of amides is 2. The predicted octanol–water partition coefficient (Wildman–Crippen LogP) is 6.88. The number of carbonyl (C=O) groups is 2. The lowest BCUT2D eigenvalue weighted by Gasteiger charge is -2.21. The number of benzene rings is 1. The second-order valence-corrected chi connectivity index (χ2v) is 9.84. The second kappa shape index (κ2) is 17.3. The lowest BCUT2D eigenvalue weighted by Crippen LogP contribution is -2.37. The molecule has 1 aliphatic heterocycles. The molecule has 1 heterocycles. The molecule has 2 aliphatic rings. The fraction of sp³-hybridized carbons (Fsp3) is 0.455. The third-order valence-electron chi connectivity index (χ3n) is 6.88. The van der Waals surface area contributed by atoms with Crippen LogP contribution in [0.5, 0.6) is 0 Å². The van der Waals surface area contributed by atoms with E-state index in [0.29, 0.717) is 25.0 Å². The average Bonchev–Trinajstić information content (AvgIpc) is 3.22. The number of nitrogens with zero attached hydrogens (tertiary/aromatic N) is 2. The van der Waals surface area contributed by atoms with Gasteiger partial charge in [0.15, 0.2) is 0 Å². The summed E-state index contributed by atoms with van der Waals surface area (Å²) in [6.07, 6.45) is 11.0. The lowest BCUT2D eigenvalue weighted by molar-refractivity contribution is -0.119. The Balaban J connectivity index is 0.00000274. The van der Waals surface area contributed by atoms with Crippen molar-refractivity contribution in [1.82, 2.24) is 15.1 Å². The van der Waals surface area contributed by atoms with E-state index in [1.807, 2.05) is 51.1 Å². The topological polar surface area (TPSA) is 61.9 Å². The maximum absolute atomic E-state index is 15.2. The summed E-state index contributed by atoms with van der Waals surface area (Å²) >= 11 is 0. The highest BCUT2D eigenvalue weighted by molar-refractivity contribution is 5.73. The summed E-state index contributed by atoms with van der Waals surface area (Å²) in [5.74, 6) is -0.341. The Morgan fingerprint density at radius 2 is 1.98 bits per heavy atom. The molecule has 1 aromatic rings. The molecule has 0 radical (unpaired) electrons. The Bertz CT molecular complexity index is 1110. The van der Waals surface area contributed by atoms with Crippen molar-refractivity contribution in [1.29, 1.82) is 0 Å². The quantitative estimate of drug-likeness (QED) is 0.288. The Labute approximate surface area is 240 Å². The van der Waals surface area contributed by atoms with Crippen molar-refractivity contribution in [2.24, 2.45) is 0 Å². The first-order valence-electron chi connectivity index (χ1n) is 14.3. The van der Waals surface area contributed by atoms with Crippen molar-refractivity contribution in [2.45, 2.75) is 72.1 Å². The second-order valence-electron chi connectivity index (χ2n) is 9.84. The number of ether oxygens (including phenoxy) is 1. The molecule has 3 rings (SSSR count). The van der Waals surface area contributed by atoms with E-state index in [2.05, 4.69) is 48.1 Å². The van der Waals surface area contributed by atoms with Gasteiger partial charge in [-0.15, -0.1) is 0 Å². The summed E-state index contributed by atoms with van der Waals surface area (Å²) in [6, 6.07) is 10.1. The summed E-state index contributed by atoms with van der Waals surface area (Å²) in [4.78, 5) is 27.5. The van der Waals surface area contributed by atoms with Crippen molar-refractivity contribution in [3.63, 3.8) is 0 Å². The van der Waals surface area contributed by atoms with Gasteiger partial charge in [-0.2, -0.15) is 0 Å². The van der Waals surface area contributed by atoms with Gasteiger partial charge in [0, 0.05) is 32.0 Å². The Morgan fingerprint density at radius 1 is 1.25 bits per heavy atom. The van der Waals surface area contributed by atoms with Crippen LogP contribution in [0.1, 0.15) is 58.9 Å². The summed E-state index contributed by atoms with van der Waals surface area (Å²) in [5, 5.41) is 2.68. The van der Waals surface area contributed by atoms with E-state index in [9.17, 15) is 9.59 Å². The Hall–Kier alpha value is -3.45. The number of carbonyl (C=O) groups excluding carboxylic acids is 2. The molecule has 40 heavy (non-hydrogen) atoms. The first-order valence-corrected chi connectivity index (χ1v) is 14.3. The Kier molecular flexibility index (Phi) is 14.2. The predicted molar refractivity (Wildman–Crippen MR) is 161 cm³/mol. The molecule has 218 valence electrons. The highest BCUT2D eigenvalue weighted by atomic mass is 19.1. The van der Waals surface area contributed by atoms with Gasteiger partial charge in [-0.1, -0.05) is 88.1 Å². The maximum atomic E-state index is 15.2. The molecule has 1 fully saturated rings.